The van der Waals surface area contributed by atoms with Crippen LogP contribution in [-0.4, -0.2) is 27.9 Å². The Hall–Kier alpha value is -1.84. The molecule has 0 radical (unpaired) electrons. The van der Waals surface area contributed by atoms with Gasteiger partial charge in [-0.2, -0.15) is 0 Å². The maximum atomic E-state index is 12.1. The predicted molar refractivity (Wildman–Crippen MR) is 62.6 cm³/mol. The average Bonchev–Trinajstić information content (AvgIpc) is 2.56. The lowest BCUT2D eigenvalue weighted by Gasteiger charge is -2.27. The van der Waals surface area contributed by atoms with Crippen LogP contribution < -0.4 is 0 Å². The fourth-order valence-corrected chi connectivity index (χ4v) is 2.28. The van der Waals surface area contributed by atoms with E-state index < -0.39 is 12.0 Å². The van der Waals surface area contributed by atoms with E-state index in [9.17, 15) is 14.7 Å². The van der Waals surface area contributed by atoms with Crippen molar-refractivity contribution >= 4 is 11.9 Å². The van der Waals surface area contributed by atoms with E-state index in [1.54, 1.807) is 12.1 Å². The lowest BCUT2D eigenvalue weighted by Crippen LogP contribution is -2.44. The summed E-state index contributed by atoms with van der Waals surface area (Å²) in [7, 11) is 0. The second kappa shape index (κ2) is 4.20. The molecule has 0 saturated heterocycles. The smallest absolute Gasteiger partial charge is 0.326 e. The number of amides is 1. The summed E-state index contributed by atoms with van der Waals surface area (Å²) >= 11 is 0. The first-order valence-corrected chi connectivity index (χ1v) is 5.64. The first kappa shape index (κ1) is 11.6. The van der Waals surface area contributed by atoms with Crippen molar-refractivity contribution in [1.29, 1.82) is 0 Å². The molecule has 17 heavy (non-hydrogen) atoms. The third-order valence-electron chi connectivity index (χ3n) is 3.07. The van der Waals surface area contributed by atoms with Gasteiger partial charge in [0.2, 0.25) is 0 Å². The maximum absolute atomic E-state index is 12.1. The van der Waals surface area contributed by atoms with Crippen molar-refractivity contribution in [2.24, 2.45) is 5.92 Å². The Kier molecular flexibility index (Phi) is 2.88. The van der Waals surface area contributed by atoms with Gasteiger partial charge in [0.15, 0.2) is 0 Å². The number of hydrogen-bond acceptors (Lipinski definition) is 2. The molecule has 1 heterocycles. The van der Waals surface area contributed by atoms with Crippen LogP contribution in [0.1, 0.15) is 29.8 Å². The largest absolute Gasteiger partial charge is 0.480 e. The van der Waals surface area contributed by atoms with Gasteiger partial charge in [-0.15, -0.1) is 0 Å². The first-order chi connectivity index (χ1) is 8.02. The van der Waals surface area contributed by atoms with Crippen LogP contribution in [0.3, 0.4) is 0 Å². The highest BCUT2D eigenvalue weighted by molar-refractivity contribution is 6.00. The quantitative estimate of drug-likeness (QED) is 0.865. The number of aliphatic carboxylic acids is 1. The molecule has 1 aliphatic rings. The van der Waals surface area contributed by atoms with Gasteiger partial charge in [-0.05, 0) is 17.5 Å². The van der Waals surface area contributed by atoms with E-state index in [-0.39, 0.29) is 11.8 Å². The first-order valence-electron chi connectivity index (χ1n) is 5.64. The van der Waals surface area contributed by atoms with Gasteiger partial charge in [-0.3, -0.25) is 4.79 Å². The highest BCUT2D eigenvalue weighted by Crippen LogP contribution is 2.26. The normalized spacial score (nSPS) is 16.2. The number of fused-ring (bicyclic) bond motifs is 1. The van der Waals surface area contributed by atoms with Gasteiger partial charge in [-0.1, -0.05) is 32.0 Å². The Morgan fingerprint density at radius 3 is 2.53 bits per heavy atom. The lowest BCUT2D eigenvalue weighted by molar-refractivity contribution is -0.144. The molecule has 1 aliphatic heterocycles. The number of carboxylic acids is 1. The molecule has 0 aromatic heterocycles. The molecule has 90 valence electrons. The topological polar surface area (TPSA) is 57.6 Å². The van der Waals surface area contributed by atoms with E-state index in [1.165, 1.54) is 4.90 Å². The Labute approximate surface area is 99.9 Å². The molecule has 1 aromatic rings. The number of carbonyl (C=O) groups is 2. The molecule has 0 aliphatic carbocycles. The van der Waals surface area contributed by atoms with Gasteiger partial charge in [0.1, 0.15) is 6.04 Å². The van der Waals surface area contributed by atoms with E-state index >= 15 is 0 Å². The zero-order valence-electron chi connectivity index (χ0n) is 9.88. The van der Waals surface area contributed by atoms with Gasteiger partial charge in [0, 0.05) is 12.1 Å². The van der Waals surface area contributed by atoms with Gasteiger partial charge < -0.3 is 10.0 Å². The van der Waals surface area contributed by atoms with E-state index in [2.05, 4.69) is 0 Å². The molecule has 4 heteroatoms. The zero-order valence-corrected chi connectivity index (χ0v) is 9.88. The minimum Gasteiger partial charge on any atom is -0.480 e. The number of carboxylic acid groups (broad SMARTS) is 1. The van der Waals surface area contributed by atoms with Crippen LogP contribution in [0.15, 0.2) is 24.3 Å². The molecule has 1 atom stereocenters. The summed E-state index contributed by atoms with van der Waals surface area (Å²) in [5.74, 6) is -1.23. The fraction of sp³-hybridized carbons (Fsp3) is 0.385. The Morgan fingerprint density at radius 2 is 2.00 bits per heavy atom. The van der Waals surface area contributed by atoms with Crippen LogP contribution in [0.2, 0.25) is 0 Å². The maximum Gasteiger partial charge on any atom is 0.326 e. The number of benzene rings is 1. The second-order valence-corrected chi connectivity index (χ2v) is 4.62. The van der Waals surface area contributed by atoms with Crippen molar-refractivity contribution in [1.82, 2.24) is 4.90 Å². The molecule has 0 bridgehead atoms. The number of hydrogen-bond donors (Lipinski definition) is 1. The van der Waals surface area contributed by atoms with Crippen molar-refractivity contribution in [2.45, 2.75) is 26.4 Å². The van der Waals surface area contributed by atoms with E-state index in [4.69, 9.17) is 0 Å². The van der Waals surface area contributed by atoms with Gasteiger partial charge in [-0.25, -0.2) is 4.79 Å². The van der Waals surface area contributed by atoms with Crippen LogP contribution >= 0.6 is 0 Å². The van der Waals surface area contributed by atoms with Crippen LogP contribution in [0, 0.1) is 5.92 Å². The molecule has 0 saturated carbocycles. The Balaban J connectivity index is 2.33. The molecule has 2 rings (SSSR count). The van der Waals surface area contributed by atoms with Crippen LogP contribution in [0.25, 0.3) is 0 Å². The van der Waals surface area contributed by atoms with Gasteiger partial charge >= 0.3 is 5.97 Å². The summed E-state index contributed by atoms with van der Waals surface area (Å²) in [6.45, 7) is 4.02. The molecular formula is C13H15NO3. The summed E-state index contributed by atoms with van der Waals surface area (Å²) in [6, 6.07) is 6.52. The minimum atomic E-state index is -0.943. The predicted octanol–water partition coefficient (Wildman–Crippen LogP) is 1.75. The Morgan fingerprint density at radius 1 is 1.35 bits per heavy atom. The van der Waals surface area contributed by atoms with Crippen molar-refractivity contribution < 1.29 is 14.7 Å². The number of rotatable bonds is 3. The van der Waals surface area contributed by atoms with Crippen LogP contribution in [0.5, 0.6) is 0 Å². The van der Waals surface area contributed by atoms with Crippen molar-refractivity contribution in [2.75, 3.05) is 0 Å². The molecular weight excluding hydrogens is 218 g/mol. The molecule has 1 aromatic carbocycles. The van der Waals surface area contributed by atoms with E-state index in [0.717, 1.165) is 5.56 Å². The van der Waals surface area contributed by atoms with E-state index in [1.807, 2.05) is 26.0 Å². The number of carbonyl (C=O) groups excluding carboxylic acids is 1. The molecule has 4 nitrogen and oxygen atoms in total. The molecule has 1 N–H and O–H groups in total. The highest BCUT2D eigenvalue weighted by Gasteiger charge is 2.37. The molecule has 0 unspecified atom stereocenters. The number of nitrogens with zero attached hydrogens (tertiary/aromatic N) is 1. The SMILES string of the molecule is CC(C)[C@@H](C(=O)O)N1Cc2ccccc2C1=O. The summed E-state index contributed by atoms with van der Waals surface area (Å²) in [5.41, 5.74) is 1.53. The summed E-state index contributed by atoms with van der Waals surface area (Å²) in [4.78, 5) is 24.8. The molecule has 0 fully saturated rings. The second-order valence-electron chi connectivity index (χ2n) is 4.62. The molecule has 1 amide bonds. The van der Waals surface area contributed by atoms with Crippen molar-refractivity contribution in [3.63, 3.8) is 0 Å². The van der Waals surface area contributed by atoms with Crippen LogP contribution in [-0.2, 0) is 11.3 Å². The minimum absolute atomic E-state index is 0.106. The van der Waals surface area contributed by atoms with Gasteiger partial charge in [0.25, 0.3) is 5.91 Å². The summed E-state index contributed by atoms with van der Waals surface area (Å²) in [5, 5.41) is 9.21. The Bertz CT molecular complexity index is 467. The molecule has 0 spiro atoms. The third kappa shape index (κ3) is 1.90. The standard InChI is InChI=1S/C13H15NO3/c1-8(2)11(13(16)17)14-7-9-5-3-4-6-10(9)12(14)15/h3-6,8,11H,7H2,1-2H3,(H,16,17)/t11-/m0/s1. The monoisotopic (exact) mass is 233 g/mol. The summed E-state index contributed by atoms with van der Waals surface area (Å²) < 4.78 is 0. The highest BCUT2D eigenvalue weighted by atomic mass is 16.4. The average molecular weight is 233 g/mol. The third-order valence-corrected chi connectivity index (χ3v) is 3.07. The van der Waals surface area contributed by atoms with Crippen molar-refractivity contribution in [3.05, 3.63) is 35.4 Å². The van der Waals surface area contributed by atoms with E-state index in [0.29, 0.717) is 12.1 Å². The van der Waals surface area contributed by atoms with Crippen molar-refractivity contribution in [3.8, 4) is 0 Å². The fourth-order valence-electron chi connectivity index (χ4n) is 2.28. The van der Waals surface area contributed by atoms with Crippen LogP contribution in [0.4, 0.5) is 0 Å². The summed E-state index contributed by atoms with van der Waals surface area (Å²) in [6.07, 6.45) is 0. The van der Waals surface area contributed by atoms with Gasteiger partial charge in [0.05, 0.1) is 0 Å². The zero-order chi connectivity index (χ0) is 12.6. The lowest BCUT2D eigenvalue weighted by atomic mass is 10.0.